The fraction of sp³-hybridized carbons (Fsp3) is 0.0952. The van der Waals surface area contributed by atoms with E-state index in [0.717, 1.165) is 31.7 Å². The molecular formula is C21H17NOS2. The van der Waals surface area contributed by atoms with Gasteiger partial charge in [0.1, 0.15) is 5.75 Å². The minimum Gasteiger partial charge on any atom is -0.507 e. The van der Waals surface area contributed by atoms with E-state index in [9.17, 15) is 5.11 Å². The van der Waals surface area contributed by atoms with Crippen LogP contribution in [-0.4, -0.2) is 9.67 Å². The number of aromatic hydroxyl groups is 1. The Balaban J connectivity index is 1.82. The van der Waals surface area contributed by atoms with E-state index in [1.54, 1.807) is 11.3 Å². The number of fused-ring (bicyclic) bond motifs is 1. The van der Waals surface area contributed by atoms with Crippen LogP contribution in [0.5, 0.6) is 5.75 Å². The molecule has 1 aromatic heterocycles. The van der Waals surface area contributed by atoms with Crippen molar-refractivity contribution in [1.82, 2.24) is 4.57 Å². The molecule has 25 heavy (non-hydrogen) atoms. The van der Waals surface area contributed by atoms with Crippen molar-refractivity contribution in [1.29, 1.82) is 0 Å². The molecule has 4 aromatic rings. The summed E-state index contributed by atoms with van der Waals surface area (Å²) in [5, 5.41) is 10.5. The van der Waals surface area contributed by atoms with Gasteiger partial charge in [0.2, 0.25) is 0 Å². The second kappa shape index (κ2) is 6.47. The lowest BCUT2D eigenvalue weighted by Crippen LogP contribution is -2.00. The Morgan fingerprint density at radius 2 is 1.72 bits per heavy atom. The van der Waals surface area contributed by atoms with Crippen molar-refractivity contribution in [3.05, 3.63) is 81.8 Å². The van der Waals surface area contributed by atoms with E-state index in [0.29, 0.717) is 12.3 Å². The summed E-state index contributed by atoms with van der Waals surface area (Å²) in [6.45, 7) is 2.64. The van der Waals surface area contributed by atoms with E-state index in [1.165, 1.54) is 4.70 Å². The molecule has 0 saturated carbocycles. The number of hydrogen-bond donors (Lipinski definition) is 1. The lowest BCUT2D eigenvalue weighted by Gasteiger charge is -2.12. The largest absolute Gasteiger partial charge is 0.507 e. The number of hydrogen-bond acceptors (Lipinski definition) is 3. The van der Waals surface area contributed by atoms with Gasteiger partial charge >= 0.3 is 0 Å². The van der Waals surface area contributed by atoms with Gasteiger partial charge in [0.15, 0.2) is 3.95 Å². The van der Waals surface area contributed by atoms with Crippen LogP contribution in [0.4, 0.5) is 0 Å². The first-order valence-corrected chi connectivity index (χ1v) is 9.32. The van der Waals surface area contributed by atoms with Crippen molar-refractivity contribution >= 4 is 33.8 Å². The van der Waals surface area contributed by atoms with Gasteiger partial charge < -0.3 is 9.67 Å². The summed E-state index contributed by atoms with van der Waals surface area (Å²) in [5.41, 5.74) is 5.05. The van der Waals surface area contributed by atoms with Crippen LogP contribution in [0.2, 0.25) is 0 Å². The van der Waals surface area contributed by atoms with Gasteiger partial charge in [-0.05, 0) is 54.0 Å². The molecule has 4 rings (SSSR count). The Labute approximate surface area is 155 Å². The van der Waals surface area contributed by atoms with E-state index < -0.39 is 0 Å². The maximum Gasteiger partial charge on any atom is 0.162 e. The SMILES string of the molecule is Cc1cc(Cn2c(=S)sc3ccccc32)cc(-c2ccccc2)c1O. The van der Waals surface area contributed by atoms with Crippen LogP contribution in [0.15, 0.2) is 66.7 Å². The van der Waals surface area contributed by atoms with Crippen LogP contribution >= 0.6 is 23.6 Å². The fourth-order valence-electron chi connectivity index (χ4n) is 3.13. The van der Waals surface area contributed by atoms with E-state index in [-0.39, 0.29) is 0 Å². The average molecular weight is 364 g/mol. The first-order valence-electron chi connectivity index (χ1n) is 8.10. The Morgan fingerprint density at radius 3 is 2.52 bits per heavy atom. The highest BCUT2D eigenvalue weighted by atomic mass is 32.1. The summed E-state index contributed by atoms with van der Waals surface area (Å²) in [4.78, 5) is 0. The van der Waals surface area contributed by atoms with Crippen molar-refractivity contribution in [3.63, 3.8) is 0 Å². The van der Waals surface area contributed by atoms with Crippen molar-refractivity contribution < 1.29 is 5.11 Å². The summed E-state index contributed by atoms with van der Waals surface area (Å²) >= 11 is 7.20. The number of thiazole rings is 1. The fourth-order valence-corrected chi connectivity index (χ4v) is 4.45. The van der Waals surface area contributed by atoms with E-state index in [2.05, 4.69) is 22.8 Å². The first-order chi connectivity index (χ1) is 12.1. The van der Waals surface area contributed by atoms with Crippen molar-refractivity contribution in [2.24, 2.45) is 0 Å². The third kappa shape index (κ3) is 2.99. The van der Waals surface area contributed by atoms with E-state index in [4.69, 9.17) is 12.2 Å². The topological polar surface area (TPSA) is 25.2 Å². The van der Waals surface area contributed by atoms with Gasteiger partial charge in [-0.2, -0.15) is 0 Å². The predicted octanol–water partition coefficient (Wildman–Crippen LogP) is 6.16. The van der Waals surface area contributed by atoms with Crippen LogP contribution in [0.1, 0.15) is 11.1 Å². The summed E-state index contributed by atoms with van der Waals surface area (Å²) in [6.07, 6.45) is 0. The Morgan fingerprint density at radius 1 is 1.00 bits per heavy atom. The molecule has 3 aromatic carbocycles. The highest BCUT2D eigenvalue weighted by molar-refractivity contribution is 7.73. The molecule has 0 fully saturated rings. The average Bonchev–Trinajstić information content (AvgIpc) is 2.94. The number of benzene rings is 3. The first kappa shape index (κ1) is 16.1. The van der Waals surface area contributed by atoms with Gasteiger partial charge in [0.25, 0.3) is 0 Å². The highest BCUT2D eigenvalue weighted by Crippen LogP contribution is 2.34. The van der Waals surface area contributed by atoms with Crippen molar-refractivity contribution in [3.8, 4) is 16.9 Å². The van der Waals surface area contributed by atoms with Gasteiger partial charge in [-0.3, -0.25) is 0 Å². The highest BCUT2D eigenvalue weighted by Gasteiger charge is 2.11. The van der Waals surface area contributed by atoms with Crippen molar-refractivity contribution in [2.45, 2.75) is 13.5 Å². The molecule has 0 aliphatic heterocycles. The molecule has 0 saturated heterocycles. The number of rotatable bonds is 3. The Bertz CT molecular complexity index is 1110. The normalized spacial score (nSPS) is 11.1. The number of para-hydroxylation sites is 1. The molecule has 0 aliphatic rings. The zero-order valence-corrected chi connectivity index (χ0v) is 15.4. The number of aryl methyl sites for hydroxylation is 1. The lowest BCUT2D eigenvalue weighted by atomic mass is 9.98. The molecule has 0 spiro atoms. The lowest BCUT2D eigenvalue weighted by molar-refractivity contribution is 0.473. The van der Waals surface area contributed by atoms with Gasteiger partial charge in [-0.15, -0.1) is 11.3 Å². The predicted molar refractivity (Wildman–Crippen MR) is 108 cm³/mol. The molecule has 0 bridgehead atoms. The number of phenolic OH excluding ortho intramolecular Hbond substituents is 1. The van der Waals surface area contributed by atoms with Gasteiger partial charge in [-0.25, -0.2) is 0 Å². The minimum absolute atomic E-state index is 0.341. The summed E-state index contributed by atoms with van der Waals surface area (Å²) in [6, 6.07) is 22.4. The molecule has 124 valence electrons. The maximum absolute atomic E-state index is 10.5. The van der Waals surface area contributed by atoms with Crippen LogP contribution < -0.4 is 0 Å². The van der Waals surface area contributed by atoms with Crippen LogP contribution in [0.3, 0.4) is 0 Å². The molecule has 0 amide bonds. The molecule has 4 heteroatoms. The molecule has 0 aliphatic carbocycles. The molecule has 1 heterocycles. The van der Waals surface area contributed by atoms with Gasteiger partial charge in [-0.1, -0.05) is 48.5 Å². The second-order valence-electron chi connectivity index (χ2n) is 6.10. The molecule has 0 unspecified atom stereocenters. The Kier molecular flexibility index (Phi) is 4.15. The molecule has 0 atom stereocenters. The minimum atomic E-state index is 0.341. The third-order valence-corrected chi connectivity index (χ3v) is 5.79. The van der Waals surface area contributed by atoms with E-state index in [1.807, 2.05) is 55.5 Å². The molecule has 0 radical (unpaired) electrons. The zero-order chi connectivity index (χ0) is 17.4. The standard InChI is InChI=1S/C21H17NOS2/c1-14-11-15(12-17(20(14)23)16-7-3-2-4-8-16)13-22-18-9-5-6-10-19(18)25-21(22)24/h2-12,23H,13H2,1H3. The maximum atomic E-state index is 10.5. The van der Waals surface area contributed by atoms with Gasteiger partial charge in [0, 0.05) is 12.1 Å². The number of aromatic nitrogens is 1. The zero-order valence-electron chi connectivity index (χ0n) is 13.8. The summed E-state index contributed by atoms with van der Waals surface area (Å²) < 4.78 is 4.23. The van der Waals surface area contributed by atoms with Crippen molar-refractivity contribution in [2.75, 3.05) is 0 Å². The third-order valence-electron chi connectivity index (χ3n) is 4.36. The number of phenols is 1. The van der Waals surface area contributed by atoms with E-state index >= 15 is 0 Å². The van der Waals surface area contributed by atoms with Gasteiger partial charge in [0.05, 0.1) is 10.2 Å². The molecule has 1 N–H and O–H groups in total. The summed E-state index contributed by atoms with van der Waals surface area (Å²) in [7, 11) is 0. The second-order valence-corrected chi connectivity index (χ2v) is 7.77. The van der Waals surface area contributed by atoms with Crippen LogP contribution in [-0.2, 0) is 6.54 Å². The molecule has 2 nitrogen and oxygen atoms in total. The number of nitrogens with zero attached hydrogens (tertiary/aromatic N) is 1. The molecular weight excluding hydrogens is 346 g/mol. The van der Waals surface area contributed by atoms with Crippen LogP contribution in [0.25, 0.3) is 21.3 Å². The smallest absolute Gasteiger partial charge is 0.162 e. The summed E-state index contributed by atoms with van der Waals surface area (Å²) in [5.74, 6) is 0.341. The quantitative estimate of drug-likeness (QED) is 0.441. The Hall–Kier alpha value is -2.43. The monoisotopic (exact) mass is 363 g/mol. The van der Waals surface area contributed by atoms with Crippen LogP contribution in [0, 0.1) is 10.9 Å².